The molecule has 26 heavy (non-hydrogen) atoms. The van der Waals surface area contributed by atoms with Gasteiger partial charge in [0.25, 0.3) is 5.56 Å². The Kier molecular flexibility index (Phi) is 4.46. The first-order chi connectivity index (χ1) is 12.6. The van der Waals surface area contributed by atoms with Crippen LogP contribution in [0.25, 0.3) is 10.9 Å². The molecule has 0 fully saturated rings. The zero-order valence-electron chi connectivity index (χ0n) is 14.0. The summed E-state index contributed by atoms with van der Waals surface area (Å²) in [6.07, 6.45) is 2.89. The number of benzene rings is 2. The van der Waals surface area contributed by atoms with Gasteiger partial charge in [-0.3, -0.25) is 9.36 Å². The third kappa shape index (κ3) is 3.35. The van der Waals surface area contributed by atoms with Gasteiger partial charge in [-0.1, -0.05) is 15.9 Å². The van der Waals surface area contributed by atoms with E-state index < -0.39 is 0 Å². The molecule has 1 aliphatic heterocycles. The highest BCUT2D eigenvalue weighted by Crippen LogP contribution is 2.19. The fraction of sp³-hybridized carbons (Fsp3) is 0.211. The van der Waals surface area contributed by atoms with Gasteiger partial charge in [0.2, 0.25) is 0 Å². The lowest BCUT2D eigenvalue weighted by Crippen LogP contribution is -2.28. The maximum absolute atomic E-state index is 12.7. The highest BCUT2D eigenvalue weighted by atomic mass is 79.9. The number of halogens is 1. The lowest BCUT2D eigenvalue weighted by Gasteiger charge is -2.18. The Morgan fingerprint density at radius 2 is 1.77 bits per heavy atom. The molecule has 0 aliphatic carbocycles. The predicted octanol–water partition coefficient (Wildman–Crippen LogP) is 4.14. The van der Waals surface area contributed by atoms with Crippen LogP contribution in [0.5, 0.6) is 0 Å². The highest BCUT2D eigenvalue weighted by molar-refractivity contribution is 9.10. The molecule has 0 atom stereocenters. The summed E-state index contributed by atoms with van der Waals surface area (Å²) < 4.78 is 2.69. The number of nitrogens with zero attached hydrogens (tertiary/aromatic N) is 2. The number of anilines is 2. The molecule has 0 unspecified atom stereocenters. The number of carbonyl (C=O) groups is 1. The highest BCUT2D eigenvalue weighted by Gasteiger charge is 2.15. The van der Waals surface area contributed by atoms with Gasteiger partial charge in [-0.15, -0.1) is 0 Å². The minimum atomic E-state index is -0.363. The number of fused-ring (bicyclic) bond motifs is 2. The van der Waals surface area contributed by atoms with Crippen LogP contribution in [0.1, 0.15) is 18.7 Å². The van der Waals surface area contributed by atoms with Gasteiger partial charge in [-0.25, -0.2) is 9.78 Å². The van der Waals surface area contributed by atoms with E-state index in [4.69, 9.17) is 0 Å². The van der Waals surface area contributed by atoms with E-state index in [0.29, 0.717) is 28.8 Å². The van der Waals surface area contributed by atoms with Crippen molar-refractivity contribution in [1.82, 2.24) is 9.55 Å². The first kappa shape index (κ1) is 16.8. The van der Waals surface area contributed by atoms with Gasteiger partial charge in [-0.2, -0.15) is 0 Å². The maximum atomic E-state index is 12.7. The monoisotopic (exact) mass is 412 g/mol. The van der Waals surface area contributed by atoms with Crippen molar-refractivity contribution in [3.8, 4) is 0 Å². The number of hydrogen-bond donors (Lipinski definition) is 2. The Bertz CT molecular complexity index is 1040. The Morgan fingerprint density at radius 1 is 1.04 bits per heavy atom. The summed E-state index contributed by atoms with van der Waals surface area (Å²) in [7, 11) is 0. The van der Waals surface area contributed by atoms with E-state index in [2.05, 4.69) is 31.5 Å². The lowest BCUT2D eigenvalue weighted by atomic mass is 10.1. The van der Waals surface area contributed by atoms with E-state index in [1.54, 1.807) is 34.9 Å². The summed E-state index contributed by atoms with van der Waals surface area (Å²) in [5.41, 5.74) is 1.87. The molecule has 2 amide bonds. The molecule has 7 heteroatoms. The SMILES string of the molecule is O=C(Nc1ccc(Br)cc1)Nc1ccc2nc3n(c(=O)c2c1)CCCC3. The normalized spacial score (nSPS) is 13.3. The topological polar surface area (TPSA) is 76.0 Å². The Balaban J connectivity index is 1.59. The van der Waals surface area contributed by atoms with E-state index in [-0.39, 0.29) is 11.6 Å². The molecule has 1 aromatic heterocycles. The summed E-state index contributed by atoms with van der Waals surface area (Å²) in [5, 5.41) is 6.05. The standard InChI is InChI=1S/C19H17BrN4O2/c20-12-4-6-13(7-5-12)21-19(26)22-14-8-9-16-15(11-14)18(25)24-10-2-1-3-17(24)23-16/h4-9,11H,1-3,10H2,(H2,21,22,26). The average Bonchev–Trinajstić information content (AvgIpc) is 2.64. The fourth-order valence-electron chi connectivity index (χ4n) is 3.15. The quantitative estimate of drug-likeness (QED) is 0.663. The second kappa shape index (κ2) is 6.92. The van der Waals surface area contributed by atoms with Gasteiger partial charge in [0.05, 0.1) is 10.9 Å². The molecule has 6 nitrogen and oxygen atoms in total. The number of carbonyl (C=O) groups excluding carboxylic acids is 1. The Labute approximate surface area is 158 Å². The van der Waals surface area contributed by atoms with Crippen LogP contribution in [-0.4, -0.2) is 15.6 Å². The third-order valence-corrected chi connectivity index (χ3v) is 4.95. The molecule has 2 N–H and O–H groups in total. The van der Waals surface area contributed by atoms with Crippen molar-refractivity contribution in [2.24, 2.45) is 0 Å². The van der Waals surface area contributed by atoms with Crippen LogP contribution in [0.4, 0.5) is 16.2 Å². The molecule has 132 valence electrons. The van der Waals surface area contributed by atoms with Crippen molar-refractivity contribution in [3.63, 3.8) is 0 Å². The zero-order chi connectivity index (χ0) is 18.1. The fourth-order valence-corrected chi connectivity index (χ4v) is 3.41. The molecule has 0 bridgehead atoms. The summed E-state index contributed by atoms with van der Waals surface area (Å²) in [6.45, 7) is 0.707. The number of aryl methyl sites for hydroxylation is 1. The molecule has 2 aromatic carbocycles. The maximum Gasteiger partial charge on any atom is 0.323 e. The molecular weight excluding hydrogens is 396 g/mol. The minimum Gasteiger partial charge on any atom is -0.308 e. The molecule has 1 aliphatic rings. The smallest absolute Gasteiger partial charge is 0.308 e. The van der Waals surface area contributed by atoms with Crippen molar-refractivity contribution in [2.45, 2.75) is 25.8 Å². The number of urea groups is 1. The van der Waals surface area contributed by atoms with E-state index in [0.717, 1.165) is 29.6 Å². The number of hydrogen-bond acceptors (Lipinski definition) is 3. The first-order valence-electron chi connectivity index (χ1n) is 8.47. The van der Waals surface area contributed by atoms with Crippen LogP contribution in [0.15, 0.2) is 51.7 Å². The van der Waals surface area contributed by atoms with E-state index in [1.807, 2.05) is 12.1 Å². The van der Waals surface area contributed by atoms with Gasteiger partial charge in [-0.05, 0) is 55.3 Å². The van der Waals surface area contributed by atoms with Crippen LogP contribution in [0.2, 0.25) is 0 Å². The second-order valence-corrected chi connectivity index (χ2v) is 7.18. The predicted molar refractivity (Wildman–Crippen MR) is 106 cm³/mol. The second-order valence-electron chi connectivity index (χ2n) is 6.26. The third-order valence-electron chi connectivity index (χ3n) is 4.43. The van der Waals surface area contributed by atoms with Gasteiger partial charge in [0.1, 0.15) is 5.82 Å². The van der Waals surface area contributed by atoms with Crippen LogP contribution < -0.4 is 16.2 Å². The van der Waals surface area contributed by atoms with Gasteiger partial charge < -0.3 is 10.6 Å². The van der Waals surface area contributed by atoms with Crippen LogP contribution in [-0.2, 0) is 13.0 Å². The van der Waals surface area contributed by atoms with Crippen LogP contribution in [0.3, 0.4) is 0 Å². The van der Waals surface area contributed by atoms with E-state index in [1.165, 1.54) is 0 Å². The van der Waals surface area contributed by atoms with E-state index in [9.17, 15) is 9.59 Å². The van der Waals surface area contributed by atoms with Gasteiger partial charge in [0.15, 0.2) is 0 Å². The summed E-state index contributed by atoms with van der Waals surface area (Å²) in [4.78, 5) is 29.5. The zero-order valence-corrected chi connectivity index (χ0v) is 15.5. The Morgan fingerprint density at radius 3 is 2.58 bits per heavy atom. The molecule has 3 aromatic rings. The first-order valence-corrected chi connectivity index (χ1v) is 9.26. The molecule has 0 saturated carbocycles. The average molecular weight is 413 g/mol. The van der Waals surface area contributed by atoms with Crippen molar-refractivity contribution in [3.05, 3.63) is 63.1 Å². The summed E-state index contributed by atoms with van der Waals surface area (Å²) in [6, 6.07) is 12.2. The molecular formula is C19H17BrN4O2. The van der Waals surface area contributed by atoms with Crippen LogP contribution >= 0.6 is 15.9 Å². The van der Waals surface area contributed by atoms with Gasteiger partial charge >= 0.3 is 6.03 Å². The van der Waals surface area contributed by atoms with E-state index >= 15 is 0 Å². The molecule has 0 spiro atoms. The molecule has 2 heterocycles. The van der Waals surface area contributed by atoms with Crippen molar-refractivity contribution >= 4 is 44.2 Å². The number of aromatic nitrogens is 2. The van der Waals surface area contributed by atoms with Gasteiger partial charge in [0, 0.05) is 28.8 Å². The molecule has 0 radical (unpaired) electrons. The summed E-state index contributed by atoms with van der Waals surface area (Å²) >= 11 is 3.36. The van der Waals surface area contributed by atoms with Crippen molar-refractivity contribution in [1.29, 1.82) is 0 Å². The van der Waals surface area contributed by atoms with Crippen molar-refractivity contribution in [2.75, 3.05) is 10.6 Å². The number of amides is 2. The minimum absolute atomic E-state index is 0.0401. The van der Waals surface area contributed by atoms with Crippen molar-refractivity contribution < 1.29 is 4.79 Å². The largest absolute Gasteiger partial charge is 0.323 e. The Hall–Kier alpha value is -2.67. The van der Waals surface area contributed by atoms with Crippen LogP contribution in [0, 0.1) is 0 Å². The summed E-state index contributed by atoms with van der Waals surface area (Å²) in [5.74, 6) is 0.849. The molecule has 4 rings (SSSR count). The lowest BCUT2D eigenvalue weighted by molar-refractivity contribution is 0.262. The number of nitrogens with one attached hydrogen (secondary N) is 2. The number of rotatable bonds is 2. The molecule has 0 saturated heterocycles.